The summed E-state index contributed by atoms with van der Waals surface area (Å²) in [5, 5.41) is 0. The van der Waals surface area contributed by atoms with E-state index in [9.17, 15) is 4.79 Å². The van der Waals surface area contributed by atoms with E-state index in [4.69, 9.17) is 5.73 Å². The van der Waals surface area contributed by atoms with E-state index in [-0.39, 0.29) is 17.9 Å². The first-order valence-corrected chi connectivity index (χ1v) is 7.18. The molecule has 0 spiro atoms. The number of carbonyl (C=O) groups excluding carboxylic acids is 1. The van der Waals surface area contributed by atoms with Crippen molar-refractivity contribution in [2.45, 2.75) is 39.7 Å². The van der Waals surface area contributed by atoms with Gasteiger partial charge >= 0.3 is 0 Å². The summed E-state index contributed by atoms with van der Waals surface area (Å²) in [6, 6.07) is -0.351. The van der Waals surface area contributed by atoms with Crippen LogP contribution in [0.1, 0.15) is 33.6 Å². The van der Waals surface area contributed by atoms with Crippen LogP contribution in [0.3, 0.4) is 0 Å². The Morgan fingerprint density at radius 2 is 1.94 bits per heavy atom. The number of rotatable bonds is 5. The van der Waals surface area contributed by atoms with E-state index < -0.39 is 0 Å². The SMILES string of the molecule is CCN(CC1CCN(C)CC1)C(=O)C(N)C(C)C. The molecule has 1 amide bonds. The van der Waals surface area contributed by atoms with Crippen LogP contribution in [0.15, 0.2) is 0 Å². The third kappa shape index (κ3) is 4.25. The minimum atomic E-state index is -0.351. The van der Waals surface area contributed by atoms with E-state index in [2.05, 4.69) is 11.9 Å². The minimum absolute atomic E-state index is 0.117. The number of hydrogen-bond donors (Lipinski definition) is 1. The van der Waals surface area contributed by atoms with Crippen LogP contribution in [0.2, 0.25) is 0 Å². The zero-order chi connectivity index (χ0) is 13.7. The first-order chi connectivity index (χ1) is 8.45. The van der Waals surface area contributed by atoms with Crippen LogP contribution < -0.4 is 5.73 Å². The molecule has 1 saturated heterocycles. The molecular formula is C14H29N3O. The molecule has 0 radical (unpaired) electrons. The van der Waals surface area contributed by atoms with Crippen LogP contribution in [0.25, 0.3) is 0 Å². The number of piperidine rings is 1. The maximum Gasteiger partial charge on any atom is 0.239 e. The van der Waals surface area contributed by atoms with Crippen LogP contribution in [-0.2, 0) is 4.79 Å². The van der Waals surface area contributed by atoms with E-state index in [1.807, 2.05) is 25.7 Å². The fourth-order valence-electron chi connectivity index (χ4n) is 2.43. The van der Waals surface area contributed by atoms with Gasteiger partial charge in [0.15, 0.2) is 0 Å². The number of carbonyl (C=O) groups is 1. The Morgan fingerprint density at radius 1 is 1.39 bits per heavy atom. The van der Waals surface area contributed by atoms with Crippen molar-refractivity contribution in [2.24, 2.45) is 17.6 Å². The third-order valence-corrected chi connectivity index (χ3v) is 4.01. The normalized spacial score (nSPS) is 20.1. The average molecular weight is 255 g/mol. The van der Waals surface area contributed by atoms with Gasteiger partial charge in [-0.1, -0.05) is 13.8 Å². The van der Waals surface area contributed by atoms with Crippen LogP contribution >= 0.6 is 0 Å². The van der Waals surface area contributed by atoms with Gasteiger partial charge in [0, 0.05) is 13.1 Å². The molecule has 1 fully saturated rings. The summed E-state index contributed by atoms with van der Waals surface area (Å²) in [4.78, 5) is 16.5. The quantitative estimate of drug-likeness (QED) is 0.802. The number of hydrogen-bond acceptors (Lipinski definition) is 3. The highest BCUT2D eigenvalue weighted by atomic mass is 16.2. The molecular weight excluding hydrogens is 226 g/mol. The molecule has 1 unspecified atom stereocenters. The average Bonchev–Trinajstić information content (AvgIpc) is 2.36. The predicted octanol–water partition coefficient (Wildman–Crippen LogP) is 1.16. The molecule has 1 atom stereocenters. The van der Waals surface area contributed by atoms with Crippen molar-refractivity contribution < 1.29 is 4.79 Å². The highest BCUT2D eigenvalue weighted by Crippen LogP contribution is 2.18. The third-order valence-electron chi connectivity index (χ3n) is 4.01. The molecule has 1 aliphatic heterocycles. The molecule has 0 bridgehead atoms. The van der Waals surface area contributed by atoms with Crippen LogP contribution in [0.4, 0.5) is 0 Å². The van der Waals surface area contributed by atoms with Crippen molar-refractivity contribution >= 4 is 5.91 Å². The molecule has 0 aromatic carbocycles. The Hall–Kier alpha value is -0.610. The maximum absolute atomic E-state index is 12.2. The van der Waals surface area contributed by atoms with Gasteiger partial charge < -0.3 is 15.5 Å². The van der Waals surface area contributed by atoms with Crippen molar-refractivity contribution in [1.29, 1.82) is 0 Å². The van der Waals surface area contributed by atoms with Gasteiger partial charge in [-0.15, -0.1) is 0 Å². The van der Waals surface area contributed by atoms with Crippen LogP contribution in [-0.4, -0.2) is 55.0 Å². The largest absolute Gasteiger partial charge is 0.341 e. The Bertz CT molecular complexity index is 260. The lowest BCUT2D eigenvalue weighted by Gasteiger charge is -2.34. The smallest absolute Gasteiger partial charge is 0.239 e. The predicted molar refractivity (Wildman–Crippen MR) is 75.3 cm³/mol. The second-order valence-corrected chi connectivity index (χ2v) is 5.89. The van der Waals surface area contributed by atoms with Gasteiger partial charge in [-0.25, -0.2) is 0 Å². The number of nitrogens with zero attached hydrogens (tertiary/aromatic N) is 2. The molecule has 1 aliphatic rings. The van der Waals surface area contributed by atoms with E-state index >= 15 is 0 Å². The number of nitrogens with two attached hydrogens (primary N) is 1. The Balaban J connectivity index is 2.48. The van der Waals surface area contributed by atoms with Gasteiger partial charge in [-0.05, 0) is 51.7 Å². The molecule has 0 saturated carbocycles. The van der Waals surface area contributed by atoms with E-state index in [0.29, 0.717) is 5.92 Å². The summed E-state index contributed by atoms with van der Waals surface area (Å²) in [5.41, 5.74) is 5.96. The zero-order valence-electron chi connectivity index (χ0n) is 12.4. The fraction of sp³-hybridized carbons (Fsp3) is 0.929. The molecule has 0 aromatic heterocycles. The van der Waals surface area contributed by atoms with Crippen molar-refractivity contribution in [3.05, 3.63) is 0 Å². The molecule has 1 rings (SSSR count). The summed E-state index contributed by atoms with van der Waals surface area (Å²) in [6.07, 6.45) is 2.38. The summed E-state index contributed by atoms with van der Waals surface area (Å²) in [6.45, 7) is 9.99. The molecule has 2 N–H and O–H groups in total. The number of likely N-dealkylation sites (tertiary alicyclic amines) is 1. The standard InChI is InChI=1S/C14H29N3O/c1-5-17(14(18)13(15)11(2)3)10-12-6-8-16(4)9-7-12/h11-13H,5-10,15H2,1-4H3. The van der Waals surface area contributed by atoms with Gasteiger partial charge in [0.05, 0.1) is 6.04 Å². The number of amides is 1. The zero-order valence-corrected chi connectivity index (χ0v) is 12.4. The second kappa shape index (κ2) is 7.10. The Kier molecular flexibility index (Phi) is 6.09. The molecule has 4 heteroatoms. The summed E-state index contributed by atoms with van der Waals surface area (Å²) >= 11 is 0. The van der Waals surface area contributed by atoms with Gasteiger partial charge in [0.2, 0.25) is 5.91 Å². The highest BCUT2D eigenvalue weighted by Gasteiger charge is 2.26. The lowest BCUT2D eigenvalue weighted by atomic mass is 9.95. The molecule has 18 heavy (non-hydrogen) atoms. The lowest BCUT2D eigenvalue weighted by Crippen LogP contribution is -2.48. The van der Waals surface area contributed by atoms with Crippen molar-refractivity contribution in [2.75, 3.05) is 33.2 Å². The maximum atomic E-state index is 12.2. The topological polar surface area (TPSA) is 49.6 Å². The number of likely N-dealkylation sites (N-methyl/N-ethyl adjacent to an activating group) is 1. The van der Waals surface area contributed by atoms with Crippen molar-refractivity contribution in [3.8, 4) is 0 Å². The first kappa shape index (κ1) is 15.4. The monoisotopic (exact) mass is 255 g/mol. The molecule has 1 heterocycles. The molecule has 0 aromatic rings. The minimum Gasteiger partial charge on any atom is -0.341 e. The van der Waals surface area contributed by atoms with E-state index in [0.717, 1.165) is 26.2 Å². The van der Waals surface area contributed by atoms with Crippen molar-refractivity contribution in [1.82, 2.24) is 9.80 Å². The molecule has 106 valence electrons. The van der Waals surface area contributed by atoms with Gasteiger partial charge in [-0.3, -0.25) is 4.79 Å². The summed E-state index contributed by atoms with van der Waals surface area (Å²) in [7, 11) is 2.16. The highest BCUT2D eigenvalue weighted by molar-refractivity contribution is 5.81. The summed E-state index contributed by atoms with van der Waals surface area (Å²) in [5.74, 6) is 0.972. The van der Waals surface area contributed by atoms with E-state index in [1.165, 1.54) is 12.8 Å². The second-order valence-electron chi connectivity index (χ2n) is 5.89. The van der Waals surface area contributed by atoms with E-state index in [1.54, 1.807) is 0 Å². The van der Waals surface area contributed by atoms with Gasteiger partial charge in [0.1, 0.15) is 0 Å². The first-order valence-electron chi connectivity index (χ1n) is 7.18. The lowest BCUT2D eigenvalue weighted by molar-refractivity contribution is -0.134. The van der Waals surface area contributed by atoms with Gasteiger partial charge in [0.25, 0.3) is 0 Å². The van der Waals surface area contributed by atoms with Crippen molar-refractivity contribution in [3.63, 3.8) is 0 Å². The summed E-state index contributed by atoms with van der Waals surface area (Å²) < 4.78 is 0. The molecule has 4 nitrogen and oxygen atoms in total. The fourth-order valence-corrected chi connectivity index (χ4v) is 2.43. The Labute approximate surface area is 111 Å². The Morgan fingerprint density at radius 3 is 2.39 bits per heavy atom. The van der Waals surface area contributed by atoms with Gasteiger partial charge in [-0.2, -0.15) is 0 Å². The van der Waals surface area contributed by atoms with Crippen LogP contribution in [0, 0.1) is 11.8 Å². The van der Waals surface area contributed by atoms with Crippen LogP contribution in [0.5, 0.6) is 0 Å². The molecule has 0 aliphatic carbocycles.